The fourth-order valence-electron chi connectivity index (χ4n) is 2.20. The molecule has 0 aliphatic heterocycles. The Kier molecular flexibility index (Phi) is 7.29. The summed E-state index contributed by atoms with van der Waals surface area (Å²) in [6, 6.07) is 6.06. The summed E-state index contributed by atoms with van der Waals surface area (Å²) in [7, 11) is 1.89. The van der Waals surface area contributed by atoms with Gasteiger partial charge in [-0.1, -0.05) is 36.7 Å². The van der Waals surface area contributed by atoms with E-state index in [0.717, 1.165) is 15.8 Å². The van der Waals surface area contributed by atoms with Gasteiger partial charge in [-0.25, -0.2) is 0 Å². The van der Waals surface area contributed by atoms with Crippen LogP contribution in [-0.4, -0.2) is 43.2 Å². The molecule has 24 heavy (non-hydrogen) atoms. The van der Waals surface area contributed by atoms with E-state index >= 15 is 0 Å². The SMILES string of the molecule is CN(CCOc1ccc(Br)cc1C(C)(C)C)CC(=O)OC(C)(C)C. The molecule has 0 bridgehead atoms. The van der Waals surface area contributed by atoms with E-state index in [0.29, 0.717) is 13.2 Å². The number of esters is 1. The van der Waals surface area contributed by atoms with Crippen molar-refractivity contribution in [1.29, 1.82) is 0 Å². The zero-order chi connectivity index (χ0) is 18.5. The summed E-state index contributed by atoms with van der Waals surface area (Å²) in [6.45, 7) is 13.5. The largest absolute Gasteiger partial charge is 0.492 e. The van der Waals surface area contributed by atoms with Gasteiger partial charge in [0.05, 0.1) is 6.54 Å². The molecule has 0 radical (unpaired) electrons. The quantitative estimate of drug-likeness (QED) is 0.664. The van der Waals surface area contributed by atoms with Crippen LogP contribution in [0.15, 0.2) is 22.7 Å². The van der Waals surface area contributed by atoms with E-state index in [9.17, 15) is 4.79 Å². The molecule has 1 aromatic rings. The van der Waals surface area contributed by atoms with E-state index in [1.54, 1.807) is 0 Å². The lowest BCUT2D eigenvalue weighted by atomic mass is 9.86. The number of benzene rings is 1. The molecular weight excluding hydrogens is 370 g/mol. The van der Waals surface area contributed by atoms with Gasteiger partial charge in [-0.3, -0.25) is 9.69 Å². The van der Waals surface area contributed by atoms with Gasteiger partial charge in [-0.05, 0) is 51.4 Å². The molecule has 0 aliphatic carbocycles. The van der Waals surface area contributed by atoms with Crippen molar-refractivity contribution in [1.82, 2.24) is 4.90 Å². The minimum Gasteiger partial charge on any atom is -0.492 e. The molecule has 0 spiro atoms. The van der Waals surface area contributed by atoms with E-state index in [-0.39, 0.29) is 17.9 Å². The highest BCUT2D eigenvalue weighted by Gasteiger charge is 2.20. The fraction of sp³-hybridized carbons (Fsp3) is 0.632. The molecule has 0 amide bonds. The molecule has 4 nitrogen and oxygen atoms in total. The molecule has 0 unspecified atom stereocenters. The van der Waals surface area contributed by atoms with Gasteiger partial charge in [-0.15, -0.1) is 0 Å². The summed E-state index contributed by atoms with van der Waals surface area (Å²) in [5, 5.41) is 0. The summed E-state index contributed by atoms with van der Waals surface area (Å²) in [5.41, 5.74) is 0.710. The molecule has 5 heteroatoms. The number of rotatable bonds is 6. The van der Waals surface area contributed by atoms with Crippen LogP contribution >= 0.6 is 15.9 Å². The Morgan fingerprint density at radius 1 is 1.17 bits per heavy atom. The second kappa shape index (κ2) is 8.34. The van der Waals surface area contributed by atoms with Gasteiger partial charge in [0.2, 0.25) is 0 Å². The first kappa shape index (κ1) is 21.0. The molecular formula is C19H30BrNO3. The summed E-state index contributed by atoms with van der Waals surface area (Å²) in [4.78, 5) is 13.7. The zero-order valence-electron chi connectivity index (χ0n) is 15.9. The maximum absolute atomic E-state index is 11.8. The number of carbonyl (C=O) groups excluding carboxylic acids is 1. The molecule has 1 rings (SSSR count). The highest BCUT2D eigenvalue weighted by molar-refractivity contribution is 9.10. The number of ether oxygens (including phenoxy) is 2. The van der Waals surface area contributed by atoms with Gasteiger partial charge in [0, 0.05) is 16.6 Å². The lowest BCUT2D eigenvalue weighted by Crippen LogP contribution is -2.34. The fourth-order valence-corrected chi connectivity index (χ4v) is 2.56. The summed E-state index contributed by atoms with van der Waals surface area (Å²) < 4.78 is 12.3. The molecule has 0 aromatic heterocycles. The first-order valence-corrected chi connectivity index (χ1v) is 9.01. The van der Waals surface area contributed by atoms with Crippen molar-refractivity contribution < 1.29 is 14.3 Å². The third-order valence-corrected chi connectivity index (χ3v) is 3.79. The Hall–Kier alpha value is -1.07. The lowest BCUT2D eigenvalue weighted by Gasteiger charge is -2.24. The normalized spacial score (nSPS) is 12.4. The van der Waals surface area contributed by atoms with Crippen molar-refractivity contribution >= 4 is 21.9 Å². The van der Waals surface area contributed by atoms with E-state index < -0.39 is 5.60 Å². The van der Waals surface area contributed by atoms with Crippen LogP contribution in [0.3, 0.4) is 0 Å². The van der Waals surface area contributed by atoms with E-state index in [1.807, 2.05) is 44.9 Å². The molecule has 0 atom stereocenters. The molecule has 0 saturated heterocycles. The van der Waals surface area contributed by atoms with E-state index in [1.165, 1.54) is 0 Å². The van der Waals surface area contributed by atoms with Crippen molar-refractivity contribution in [2.45, 2.75) is 52.6 Å². The third-order valence-electron chi connectivity index (χ3n) is 3.30. The molecule has 1 aromatic carbocycles. The topological polar surface area (TPSA) is 38.8 Å². The minimum atomic E-state index is -0.451. The van der Waals surface area contributed by atoms with Gasteiger partial charge in [-0.2, -0.15) is 0 Å². The van der Waals surface area contributed by atoms with Gasteiger partial charge < -0.3 is 9.47 Å². The molecule has 0 heterocycles. The van der Waals surface area contributed by atoms with Gasteiger partial charge in [0.25, 0.3) is 0 Å². The van der Waals surface area contributed by atoms with Crippen LogP contribution in [0.4, 0.5) is 0 Å². The highest BCUT2D eigenvalue weighted by Crippen LogP contribution is 2.33. The predicted octanol–water partition coefficient (Wildman–Crippen LogP) is 4.40. The van der Waals surface area contributed by atoms with Gasteiger partial charge in [0.1, 0.15) is 18.0 Å². The summed E-state index contributed by atoms with van der Waals surface area (Å²) >= 11 is 3.52. The van der Waals surface area contributed by atoms with Gasteiger partial charge >= 0.3 is 5.97 Å². The molecule has 136 valence electrons. The second-order valence-electron chi connectivity index (χ2n) is 8.06. The number of hydrogen-bond acceptors (Lipinski definition) is 4. The van der Waals surface area contributed by atoms with Crippen molar-refractivity contribution in [2.24, 2.45) is 0 Å². The Labute approximate surface area is 154 Å². The Bertz CT molecular complexity index is 559. The first-order chi connectivity index (χ1) is 10.9. The van der Waals surface area contributed by atoms with Crippen LogP contribution in [0.5, 0.6) is 5.75 Å². The number of likely N-dealkylation sites (N-methyl/N-ethyl adjacent to an activating group) is 1. The second-order valence-corrected chi connectivity index (χ2v) is 8.98. The maximum atomic E-state index is 11.8. The average molecular weight is 400 g/mol. The van der Waals surface area contributed by atoms with Crippen LogP contribution in [-0.2, 0) is 14.9 Å². The average Bonchev–Trinajstić information content (AvgIpc) is 2.36. The molecule has 0 saturated carbocycles. The highest BCUT2D eigenvalue weighted by atomic mass is 79.9. The number of carbonyl (C=O) groups is 1. The maximum Gasteiger partial charge on any atom is 0.320 e. The van der Waals surface area contributed by atoms with Crippen LogP contribution in [0.1, 0.15) is 47.1 Å². The van der Waals surface area contributed by atoms with Crippen molar-refractivity contribution in [2.75, 3.05) is 26.7 Å². The number of nitrogens with zero attached hydrogens (tertiary/aromatic N) is 1. The van der Waals surface area contributed by atoms with E-state index in [2.05, 4.69) is 42.8 Å². The first-order valence-electron chi connectivity index (χ1n) is 8.22. The van der Waals surface area contributed by atoms with Gasteiger partial charge in [0.15, 0.2) is 0 Å². The third kappa shape index (κ3) is 7.67. The standard InChI is InChI=1S/C19H30BrNO3/c1-18(2,3)15-12-14(20)8-9-16(15)23-11-10-21(7)13-17(22)24-19(4,5)6/h8-9,12H,10-11,13H2,1-7H3. The minimum absolute atomic E-state index is 0.00152. The zero-order valence-corrected chi connectivity index (χ0v) is 17.5. The van der Waals surface area contributed by atoms with Crippen molar-refractivity contribution in [3.05, 3.63) is 28.2 Å². The smallest absolute Gasteiger partial charge is 0.320 e. The number of hydrogen-bond donors (Lipinski definition) is 0. The Balaban J connectivity index is 2.55. The molecule has 0 N–H and O–H groups in total. The summed E-state index contributed by atoms with van der Waals surface area (Å²) in [6.07, 6.45) is 0. The van der Waals surface area contributed by atoms with Crippen LogP contribution in [0.2, 0.25) is 0 Å². The number of halogens is 1. The Morgan fingerprint density at radius 2 is 1.79 bits per heavy atom. The van der Waals surface area contributed by atoms with E-state index in [4.69, 9.17) is 9.47 Å². The van der Waals surface area contributed by atoms with Crippen LogP contribution in [0.25, 0.3) is 0 Å². The van der Waals surface area contributed by atoms with Crippen LogP contribution < -0.4 is 4.74 Å². The van der Waals surface area contributed by atoms with Crippen LogP contribution in [0, 0.1) is 0 Å². The summed E-state index contributed by atoms with van der Waals surface area (Å²) in [5.74, 6) is 0.667. The molecule has 0 aliphatic rings. The Morgan fingerprint density at radius 3 is 2.33 bits per heavy atom. The van der Waals surface area contributed by atoms with Crippen molar-refractivity contribution in [3.63, 3.8) is 0 Å². The van der Waals surface area contributed by atoms with Crippen molar-refractivity contribution in [3.8, 4) is 5.75 Å². The monoisotopic (exact) mass is 399 g/mol. The molecule has 0 fully saturated rings. The predicted molar refractivity (Wildman–Crippen MR) is 102 cm³/mol. The lowest BCUT2D eigenvalue weighted by molar-refractivity contribution is -0.155.